The van der Waals surface area contributed by atoms with Crippen LogP contribution in [0.1, 0.15) is 10.4 Å². The topological polar surface area (TPSA) is 26.3 Å². The molecule has 2 nitrogen and oxygen atoms in total. The quantitative estimate of drug-likeness (QED) is 0.793. The molecular formula is C14H9F3O2. The summed E-state index contributed by atoms with van der Waals surface area (Å²) in [5, 5.41) is 0. The van der Waals surface area contributed by atoms with E-state index in [9.17, 15) is 18.0 Å². The van der Waals surface area contributed by atoms with Gasteiger partial charge in [-0.2, -0.15) is 0 Å². The van der Waals surface area contributed by atoms with Gasteiger partial charge in [0.05, 0.1) is 7.11 Å². The van der Waals surface area contributed by atoms with Crippen molar-refractivity contribution in [2.24, 2.45) is 0 Å². The normalized spacial score (nSPS) is 10.3. The first-order valence-electron chi connectivity index (χ1n) is 5.35. The van der Waals surface area contributed by atoms with Crippen LogP contribution < -0.4 is 4.74 Å². The van der Waals surface area contributed by atoms with E-state index in [2.05, 4.69) is 0 Å². The molecule has 0 spiro atoms. The van der Waals surface area contributed by atoms with Crippen molar-refractivity contribution < 1.29 is 22.7 Å². The molecule has 0 bridgehead atoms. The third kappa shape index (κ3) is 2.31. The number of rotatable bonds is 3. The van der Waals surface area contributed by atoms with E-state index in [1.807, 2.05) is 0 Å². The molecule has 2 aromatic carbocycles. The first-order chi connectivity index (χ1) is 9.08. The highest BCUT2D eigenvalue weighted by atomic mass is 19.2. The summed E-state index contributed by atoms with van der Waals surface area (Å²) in [6.45, 7) is 0. The van der Waals surface area contributed by atoms with Crippen molar-refractivity contribution >= 4 is 6.29 Å². The highest BCUT2D eigenvalue weighted by Gasteiger charge is 2.18. The van der Waals surface area contributed by atoms with Gasteiger partial charge in [0.1, 0.15) is 11.6 Å². The van der Waals surface area contributed by atoms with Crippen molar-refractivity contribution in [3.05, 3.63) is 53.3 Å². The second-order valence-electron chi connectivity index (χ2n) is 3.79. The molecule has 0 unspecified atom stereocenters. The third-order valence-electron chi connectivity index (χ3n) is 2.68. The van der Waals surface area contributed by atoms with E-state index >= 15 is 0 Å². The van der Waals surface area contributed by atoms with E-state index < -0.39 is 17.5 Å². The van der Waals surface area contributed by atoms with Gasteiger partial charge in [-0.15, -0.1) is 0 Å². The Morgan fingerprint density at radius 3 is 2.47 bits per heavy atom. The average molecular weight is 266 g/mol. The van der Waals surface area contributed by atoms with E-state index in [0.29, 0.717) is 6.29 Å². The monoisotopic (exact) mass is 266 g/mol. The zero-order chi connectivity index (χ0) is 14.0. The van der Waals surface area contributed by atoms with Crippen LogP contribution in [0.2, 0.25) is 0 Å². The van der Waals surface area contributed by atoms with Gasteiger partial charge in [-0.05, 0) is 12.1 Å². The molecule has 0 atom stereocenters. The zero-order valence-corrected chi connectivity index (χ0v) is 9.91. The standard InChI is InChI=1S/C14H9F3O2/c1-19-9-5-8(7-18)13(12(16)6-9)10-3-2-4-11(15)14(10)17/h2-7H,1H3. The highest BCUT2D eigenvalue weighted by molar-refractivity contribution is 5.88. The molecule has 0 aliphatic heterocycles. The van der Waals surface area contributed by atoms with Gasteiger partial charge in [0.2, 0.25) is 0 Å². The maximum absolute atomic E-state index is 14.0. The summed E-state index contributed by atoms with van der Waals surface area (Å²) in [6, 6.07) is 5.63. The summed E-state index contributed by atoms with van der Waals surface area (Å²) < 4.78 is 45.6. The predicted octanol–water partition coefficient (Wildman–Crippen LogP) is 3.59. The number of carbonyl (C=O) groups is 1. The molecule has 0 saturated carbocycles. The molecule has 0 heterocycles. The van der Waals surface area contributed by atoms with Crippen LogP contribution >= 0.6 is 0 Å². The molecule has 0 saturated heterocycles. The summed E-state index contributed by atoms with van der Waals surface area (Å²) in [6.07, 6.45) is 0.366. The second-order valence-corrected chi connectivity index (χ2v) is 3.79. The molecule has 98 valence electrons. The Morgan fingerprint density at radius 2 is 1.84 bits per heavy atom. The van der Waals surface area contributed by atoms with Crippen molar-refractivity contribution in [2.75, 3.05) is 7.11 Å². The van der Waals surface area contributed by atoms with E-state index in [0.717, 1.165) is 12.1 Å². The van der Waals surface area contributed by atoms with Gasteiger partial charge in [0.15, 0.2) is 17.9 Å². The summed E-state index contributed by atoms with van der Waals surface area (Å²) in [5.74, 6) is -3.04. The number of benzene rings is 2. The van der Waals surface area contributed by atoms with E-state index in [-0.39, 0.29) is 22.4 Å². The Morgan fingerprint density at radius 1 is 1.11 bits per heavy atom. The minimum Gasteiger partial charge on any atom is -0.497 e. The van der Waals surface area contributed by atoms with Gasteiger partial charge >= 0.3 is 0 Å². The summed E-state index contributed by atoms with van der Waals surface area (Å²) in [7, 11) is 1.31. The Bertz CT molecular complexity index is 639. The fourth-order valence-electron chi connectivity index (χ4n) is 1.79. The molecule has 2 aromatic rings. The van der Waals surface area contributed by atoms with Crippen LogP contribution in [0.25, 0.3) is 11.1 Å². The van der Waals surface area contributed by atoms with Gasteiger partial charge in [-0.3, -0.25) is 4.79 Å². The van der Waals surface area contributed by atoms with Gasteiger partial charge in [0, 0.05) is 22.8 Å². The Hall–Kier alpha value is -2.30. The van der Waals surface area contributed by atoms with Crippen LogP contribution in [-0.4, -0.2) is 13.4 Å². The van der Waals surface area contributed by atoms with Gasteiger partial charge in [-0.25, -0.2) is 13.2 Å². The van der Waals surface area contributed by atoms with Crippen molar-refractivity contribution in [1.29, 1.82) is 0 Å². The number of hydrogen-bond donors (Lipinski definition) is 0. The molecule has 0 N–H and O–H groups in total. The molecule has 0 aliphatic carbocycles. The maximum atomic E-state index is 14.0. The molecule has 0 aromatic heterocycles. The Kier molecular flexibility index (Phi) is 3.55. The Balaban J connectivity index is 2.74. The van der Waals surface area contributed by atoms with Crippen LogP contribution in [0, 0.1) is 17.5 Å². The van der Waals surface area contributed by atoms with Crippen LogP contribution in [0.15, 0.2) is 30.3 Å². The minimum absolute atomic E-state index is 0.110. The number of aldehydes is 1. The van der Waals surface area contributed by atoms with Gasteiger partial charge < -0.3 is 4.74 Å². The molecule has 2 rings (SSSR count). The number of methoxy groups -OCH3 is 1. The van der Waals surface area contributed by atoms with E-state index in [1.165, 1.54) is 25.3 Å². The SMILES string of the molecule is COc1cc(F)c(-c2cccc(F)c2F)c(C=O)c1. The average Bonchev–Trinajstić information content (AvgIpc) is 2.41. The van der Waals surface area contributed by atoms with Crippen molar-refractivity contribution in [1.82, 2.24) is 0 Å². The highest BCUT2D eigenvalue weighted by Crippen LogP contribution is 2.32. The van der Waals surface area contributed by atoms with Crippen molar-refractivity contribution in [3.8, 4) is 16.9 Å². The zero-order valence-electron chi connectivity index (χ0n) is 9.91. The predicted molar refractivity (Wildman–Crippen MR) is 63.7 cm³/mol. The first-order valence-corrected chi connectivity index (χ1v) is 5.35. The maximum Gasteiger partial charge on any atom is 0.166 e. The lowest BCUT2D eigenvalue weighted by molar-refractivity contribution is 0.112. The molecule has 0 fully saturated rings. The van der Waals surface area contributed by atoms with Gasteiger partial charge in [-0.1, -0.05) is 12.1 Å². The molecule has 0 radical (unpaired) electrons. The fourth-order valence-corrected chi connectivity index (χ4v) is 1.79. The van der Waals surface area contributed by atoms with E-state index in [4.69, 9.17) is 4.74 Å². The van der Waals surface area contributed by atoms with E-state index in [1.54, 1.807) is 0 Å². The van der Waals surface area contributed by atoms with Crippen molar-refractivity contribution in [2.45, 2.75) is 0 Å². The molecule has 5 heteroatoms. The molecular weight excluding hydrogens is 257 g/mol. The van der Waals surface area contributed by atoms with Crippen LogP contribution in [0.4, 0.5) is 13.2 Å². The minimum atomic E-state index is -1.20. The summed E-state index contributed by atoms with van der Waals surface area (Å²) >= 11 is 0. The van der Waals surface area contributed by atoms with Gasteiger partial charge in [0.25, 0.3) is 0 Å². The number of carbonyl (C=O) groups excluding carboxylic acids is 1. The van der Waals surface area contributed by atoms with Crippen LogP contribution in [0.5, 0.6) is 5.75 Å². The number of halogens is 3. The molecule has 19 heavy (non-hydrogen) atoms. The first kappa shape index (κ1) is 13.1. The third-order valence-corrected chi connectivity index (χ3v) is 2.68. The van der Waals surface area contributed by atoms with Crippen molar-refractivity contribution in [3.63, 3.8) is 0 Å². The fraction of sp³-hybridized carbons (Fsp3) is 0.0714. The molecule has 0 amide bonds. The lowest BCUT2D eigenvalue weighted by atomic mass is 9.98. The number of ether oxygens (including phenoxy) is 1. The summed E-state index contributed by atoms with van der Waals surface area (Å²) in [4.78, 5) is 11.0. The summed E-state index contributed by atoms with van der Waals surface area (Å²) in [5.41, 5.74) is -0.698. The molecule has 0 aliphatic rings. The largest absolute Gasteiger partial charge is 0.497 e. The second kappa shape index (κ2) is 5.14. The van der Waals surface area contributed by atoms with Crippen LogP contribution in [-0.2, 0) is 0 Å². The lowest BCUT2D eigenvalue weighted by Gasteiger charge is -2.10. The smallest absolute Gasteiger partial charge is 0.166 e. The van der Waals surface area contributed by atoms with Crippen LogP contribution in [0.3, 0.4) is 0 Å². The number of hydrogen-bond acceptors (Lipinski definition) is 2. The lowest BCUT2D eigenvalue weighted by Crippen LogP contribution is -1.98. The Labute approximate surface area is 107 Å².